The minimum absolute atomic E-state index is 0.0447. The first-order valence-electron chi connectivity index (χ1n) is 11.7. The average molecular weight is 453 g/mol. The lowest BCUT2D eigenvalue weighted by Crippen LogP contribution is -2.36. The van der Waals surface area contributed by atoms with Crippen LogP contribution in [0.2, 0.25) is 0 Å². The third kappa shape index (κ3) is 4.05. The van der Waals surface area contributed by atoms with Gasteiger partial charge in [0.15, 0.2) is 0 Å². The fourth-order valence-corrected chi connectivity index (χ4v) is 4.33. The SMILES string of the molecule is CCN(c1ccccc1)c1nccc(N2CCCn3c2nc(-c2ccc(C)c(C)c2)cc3=O)n1. The zero-order chi connectivity index (χ0) is 23.7. The molecule has 34 heavy (non-hydrogen) atoms. The fourth-order valence-electron chi connectivity index (χ4n) is 4.33. The number of rotatable bonds is 5. The summed E-state index contributed by atoms with van der Waals surface area (Å²) in [7, 11) is 0. The van der Waals surface area contributed by atoms with Crippen molar-refractivity contribution in [3.05, 3.63) is 88.3 Å². The van der Waals surface area contributed by atoms with Gasteiger partial charge in [0.25, 0.3) is 5.56 Å². The highest BCUT2D eigenvalue weighted by Crippen LogP contribution is 2.30. The van der Waals surface area contributed by atoms with Gasteiger partial charge in [-0.15, -0.1) is 0 Å². The molecule has 2 aromatic heterocycles. The number of benzene rings is 2. The predicted octanol–water partition coefficient (Wildman–Crippen LogP) is 5.02. The number of para-hydroxylation sites is 1. The third-order valence-corrected chi connectivity index (χ3v) is 6.33. The highest BCUT2D eigenvalue weighted by atomic mass is 16.1. The first-order chi connectivity index (χ1) is 16.5. The molecule has 0 saturated carbocycles. The maximum absolute atomic E-state index is 13.0. The van der Waals surface area contributed by atoms with Crippen molar-refractivity contribution >= 4 is 23.4 Å². The second-order valence-electron chi connectivity index (χ2n) is 8.53. The number of anilines is 4. The standard InChI is InChI=1S/C27H28N6O/c1-4-31(22-9-6-5-7-10-22)26-28-14-13-24(30-26)32-15-8-16-33-25(34)18-23(29-27(32)33)21-12-11-19(2)20(3)17-21/h5-7,9-14,17-18H,4,8,15-16H2,1-3H3. The normalized spacial score (nSPS) is 13.0. The van der Waals surface area contributed by atoms with Crippen LogP contribution in [-0.4, -0.2) is 32.6 Å². The van der Waals surface area contributed by atoms with Crippen molar-refractivity contribution < 1.29 is 0 Å². The van der Waals surface area contributed by atoms with Gasteiger partial charge in [-0.1, -0.05) is 30.3 Å². The molecule has 1 aliphatic heterocycles. The van der Waals surface area contributed by atoms with Crippen LogP contribution in [0.1, 0.15) is 24.5 Å². The molecule has 0 fully saturated rings. The van der Waals surface area contributed by atoms with Gasteiger partial charge in [-0.3, -0.25) is 14.3 Å². The van der Waals surface area contributed by atoms with Crippen LogP contribution in [0.5, 0.6) is 0 Å². The van der Waals surface area contributed by atoms with Crippen LogP contribution in [0.3, 0.4) is 0 Å². The second kappa shape index (κ2) is 9.09. The van der Waals surface area contributed by atoms with Gasteiger partial charge in [0.1, 0.15) is 5.82 Å². The van der Waals surface area contributed by atoms with Gasteiger partial charge in [0.2, 0.25) is 11.9 Å². The Morgan fingerprint density at radius 1 is 0.941 bits per heavy atom. The number of hydrogen-bond acceptors (Lipinski definition) is 6. The molecule has 3 heterocycles. The van der Waals surface area contributed by atoms with Gasteiger partial charge in [-0.25, -0.2) is 9.97 Å². The molecule has 0 unspecified atom stereocenters. The molecule has 2 aromatic carbocycles. The summed E-state index contributed by atoms with van der Waals surface area (Å²) in [5.41, 5.74) is 5.01. The Morgan fingerprint density at radius 2 is 1.76 bits per heavy atom. The Labute approximate surface area is 199 Å². The Kier molecular flexibility index (Phi) is 5.84. The zero-order valence-electron chi connectivity index (χ0n) is 19.8. The second-order valence-corrected chi connectivity index (χ2v) is 8.53. The number of nitrogens with zero attached hydrogens (tertiary/aromatic N) is 6. The lowest BCUT2D eigenvalue weighted by Gasteiger charge is -2.31. The Balaban J connectivity index is 1.57. The van der Waals surface area contributed by atoms with Gasteiger partial charge in [-0.2, -0.15) is 4.98 Å². The molecule has 4 aromatic rings. The van der Waals surface area contributed by atoms with Gasteiger partial charge in [0.05, 0.1) is 5.69 Å². The summed E-state index contributed by atoms with van der Waals surface area (Å²) in [6.45, 7) is 8.35. The van der Waals surface area contributed by atoms with E-state index < -0.39 is 0 Å². The maximum atomic E-state index is 13.0. The maximum Gasteiger partial charge on any atom is 0.255 e. The van der Waals surface area contributed by atoms with E-state index in [0.717, 1.165) is 36.6 Å². The topological polar surface area (TPSA) is 67.2 Å². The van der Waals surface area contributed by atoms with Crippen molar-refractivity contribution in [2.24, 2.45) is 0 Å². The van der Waals surface area contributed by atoms with Crippen molar-refractivity contribution in [2.45, 2.75) is 33.7 Å². The van der Waals surface area contributed by atoms with Crippen LogP contribution in [0.4, 0.5) is 23.4 Å². The molecule has 0 saturated heterocycles. The molecular formula is C27H28N6O. The summed E-state index contributed by atoms with van der Waals surface area (Å²) < 4.78 is 1.74. The number of fused-ring (bicyclic) bond motifs is 1. The van der Waals surface area contributed by atoms with Crippen LogP contribution >= 0.6 is 0 Å². The van der Waals surface area contributed by atoms with E-state index in [1.165, 1.54) is 11.1 Å². The Bertz CT molecular complexity index is 1380. The minimum Gasteiger partial charge on any atom is -0.311 e. The summed E-state index contributed by atoms with van der Waals surface area (Å²) in [6.07, 6.45) is 2.61. The van der Waals surface area contributed by atoms with E-state index in [9.17, 15) is 4.79 Å². The first kappa shape index (κ1) is 21.8. The van der Waals surface area contributed by atoms with E-state index in [-0.39, 0.29) is 5.56 Å². The summed E-state index contributed by atoms with van der Waals surface area (Å²) in [4.78, 5) is 31.5. The van der Waals surface area contributed by atoms with Crippen LogP contribution in [0.15, 0.2) is 71.7 Å². The van der Waals surface area contributed by atoms with E-state index in [1.807, 2.05) is 47.4 Å². The van der Waals surface area contributed by atoms with E-state index in [2.05, 4.69) is 42.8 Å². The molecule has 0 spiro atoms. The molecule has 0 radical (unpaired) electrons. The van der Waals surface area contributed by atoms with E-state index in [0.29, 0.717) is 24.1 Å². The van der Waals surface area contributed by atoms with Crippen LogP contribution in [0.25, 0.3) is 11.3 Å². The molecule has 0 aliphatic carbocycles. The molecule has 7 heteroatoms. The van der Waals surface area contributed by atoms with E-state index in [4.69, 9.17) is 9.97 Å². The largest absolute Gasteiger partial charge is 0.311 e. The van der Waals surface area contributed by atoms with Gasteiger partial charge < -0.3 is 4.90 Å². The van der Waals surface area contributed by atoms with Crippen LogP contribution in [0, 0.1) is 13.8 Å². The molecule has 0 amide bonds. The molecule has 0 N–H and O–H groups in total. The highest BCUT2D eigenvalue weighted by Gasteiger charge is 2.24. The Morgan fingerprint density at radius 3 is 2.53 bits per heavy atom. The number of aromatic nitrogens is 4. The predicted molar refractivity (Wildman–Crippen MR) is 136 cm³/mol. The molecule has 1 aliphatic rings. The highest BCUT2D eigenvalue weighted by molar-refractivity contribution is 5.65. The average Bonchev–Trinajstić information content (AvgIpc) is 2.87. The molecule has 0 atom stereocenters. The number of hydrogen-bond donors (Lipinski definition) is 0. The molecule has 0 bridgehead atoms. The van der Waals surface area contributed by atoms with Gasteiger partial charge >= 0.3 is 0 Å². The first-order valence-corrected chi connectivity index (χ1v) is 11.7. The fraction of sp³-hybridized carbons (Fsp3) is 0.259. The van der Waals surface area contributed by atoms with Gasteiger partial charge in [0, 0.05) is 43.1 Å². The zero-order valence-corrected chi connectivity index (χ0v) is 19.8. The van der Waals surface area contributed by atoms with Gasteiger partial charge in [-0.05, 0) is 62.6 Å². The molecule has 172 valence electrons. The van der Waals surface area contributed by atoms with Crippen molar-refractivity contribution in [3.8, 4) is 11.3 Å². The van der Waals surface area contributed by atoms with Crippen molar-refractivity contribution in [2.75, 3.05) is 22.9 Å². The van der Waals surface area contributed by atoms with Crippen LogP contribution in [-0.2, 0) is 6.54 Å². The minimum atomic E-state index is -0.0447. The monoisotopic (exact) mass is 452 g/mol. The van der Waals surface area contributed by atoms with Crippen molar-refractivity contribution in [1.29, 1.82) is 0 Å². The molecule has 7 nitrogen and oxygen atoms in total. The van der Waals surface area contributed by atoms with Crippen LogP contribution < -0.4 is 15.4 Å². The molecular weight excluding hydrogens is 424 g/mol. The summed E-state index contributed by atoms with van der Waals surface area (Å²) in [5, 5.41) is 0. The third-order valence-electron chi connectivity index (χ3n) is 6.33. The van der Waals surface area contributed by atoms with E-state index in [1.54, 1.807) is 16.8 Å². The summed E-state index contributed by atoms with van der Waals surface area (Å²) in [5.74, 6) is 1.98. The summed E-state index contributed by atoms with van der Waals surface area (Å²) >= 11 is 0. The lowest BCUT2D eigenvalue weighted by molar-refractivity contribution is 0.561. The lowest BCUT2D eigenvalue weighted by atomic mass is 10.0. The smallest absolute Gasteiger partial charge is 0.255 e. The molecule has 5 rings (SSSR count). The Hall–Kier alpha value is -4.00. The van der Waals surface area contributed by atoms with Crippen molar-refractivity contribution in [3.63, 3.8) is 0 Å². The van der Waals surface area contributed by atoms with Crippen molar-refractivity contribution in [1.82, 2.24) is 19.5 Å². The quantitative estimate of drug-likeness (QED) is 0.424. The summed E-state index contributed by atoms with van der Waals surface area (Å²) in [6, 6.07) is 19.8. The number of aryl methyl sites for hydroxylation is 2. The van der Waals surface area contributed by atoms with E-state index >= 15 is 0 Å².